The number of benzene rings is 1. The third-order valence-corrected chi connectivity index (χ3v) is 2.94. The lowest BCUT2D eigenvalue weighted by molar-refractivity contribution is -0.384. The number of nitro benzene ring substituents is 1. The van der Waals surface area contributed by atoms with Crippen LogP contribution in [0.25, 0.3) is 0 Å². The van der Waals surface area contributed by atoms with Gasteiger partial charge in [-0.05, 0) is 24.1 Å². The molecule has 0 saturated carbocycles. The Labute approximate surface area is 113 Å². The summed E-state index contributed by atoms with van der Waals surface area (Å²) < 4.78 is 1.21. The summed E-state index contributed by atoms with van der Waals surface area (Å²) in [6.07, 6.45) is 1.55. The molecule has 0 radical (unpaired) electrons. The van der Waals surface area contributed by atoms with Gasteiger partial charge in [0, 0.05) is 23.2 Å². The first-order chi connectivity index (χ1) is 8.97. The molecule has 0 amide bonds. The third kappa shape index (κ3) is 2.97. The Morgan fingerprint density at radius 1 is 1.42 bits per heavy atom. The van der Waals surface area contributed by atoms with Gasteiger partial charge in [-0.25, -0.2) is 4.68 Å². The lowest BCUT2D eigenvalue weighted by Gasteiger charge is -2.06. The number of nitrogens with zero attached hydrogens (tertiary/aromatic N) is 3. The van der Waals surface area contributed by atoms with E-state index in [4.69, 9.17) is 11.6 Å². The number of rotatable bonds is 3. The molecule has 0 aliphatic heterocycles. The zero-order chi connectivity index (χ0) is 14.0. The van der Waals surface area contributed by atoms with E-state index in [1.54, 1.807) is 13.1 Å². The molecule has 1 heterocycles. The van der Waals surface area contributed by atoms with Gasteiger partial charge < -0.3 is 0 Å². The average molecular weight is 280 g/mol. The second kappa shape index (κ2) is 5.19. The topological polar surface area (TPSA) is 78.0 Å². The van der Waals surface area contributed by atoms with Crippen molar-refractivity contribution in [3.05, 3.63) is 67.1 Å². The van der Waals surface area contributed by atoms with E-state index in [9.17, 15) is 14.9 Å². The molecule has 98 valence electrons. The van der Waals surface area contributed by atoms with Crippen LogP contribution in [0, 0.1) is 17.0 Å². The van der Waals surface area contributed by atoms with E-state index in [-0.39, 0.29) is 17.8 Å². The molecular formula is C12H10ClN3O3. The zero-order valence-electron chi connectivity index (χ0n) is 10.0. The van der Waals surface area contributed by atoms with E-state index >= 15 is 0 Å². The molecule has 0 fully saturated rings. The second-order valence-corrected chi connectivity index (χ2v) is 4.47. The smallest absolute Gasteiger partial charge is 0.268 e. The molecule has 0 N–H and O–H groups in total. The van der Waals surface area contributed by atoms with Gasteiger partial charge in [-0.3, -0.25) is 14.9 Å². The summed E-state index contributed by atoms with van der Waals surface area (Å²) >= 11 is 5.97. The van der Waals surface area contributed by atoms with E-state index in [0.29, 0.717) is 10.6 Å². The number of nitro groups is 1. The Morgan fingerprint density at radius 3 is 2.79 bits per heavy atom. The normalized spacial score (nSPS) is 10.4. The molecule has 0 unspecified atom stereocenters. The fourth-order valence-corrected chi connectivity index (χ4v) is 1.78. The number of hydrogen-bond donors (Lipinski definition) is 0. The van der Waals surface area contributed by atoms with E-state index in [0.717, 1.165) is 5.56 Å². The molecule has 6 nitrogen and oxygen atoms in total. The van der Waals surface area contributed by atoms with Crippen molar-refractivity contribution in [1.82, 2.24) is 9.78 Å². The van der Waals surface area contributed by atoms with Crippen molar-refractivity contribution in [3.8, 4) is 0 Å². The predicted octanol–water partition coefficient (Wildman–Crippen LogP) is 2.16. The Bertz CT molecular complexity index is 697. The van der Waals surface area contributed by atoms with Crippen molar-refractivity contribution in [3.63, 3.8) is 0 Å². The van der Waals surface area contributed by atoms with Gasteiger partial charge in [0.25, 0.3) is 11.2 Å². The quantitative estimate of drug-likeness (QED) is 0.637. The van der Waals surface area contributed by atoms with Gasteiger partial charge in [0.2, 0.25) is 0 Å². The zero-order valence-corrected chi connectivity index (χ0v) is 10.8. The summed E-state index contributed by atoms with van der Waals surface area (Å²) in [5.74, 6) is 0. The summed E-state index contributed by atoms with van der Waals surface area (Å²) in [4.78, 5) is 21.9. The van der Waals surface area contributed by atoms with Gasteiger partial charge in [-0.15, -0.1) is 0 Å². The first kappa shape index (κ1) is 13.2. The van der Waals surface area contributed by atoms with Gasteiger partial charge >= 0.3 is 0 Å². The van der Waals surface area contributed by atoms with Crippen LogP contribution in [0.3, 0.4) is 0 Å². The average Bonchev–Trinajstić information content (AvgIpc) is 2.34. The second-order valence-electron chi connectivity index (χ2n) is 4.06. The fraction of sp³-hybridized carbons (Fsp3) is 0.167. The van der Waals surface area contributed by atoms with Crippen LogP contribution in [0.4, 0.5) is 5.69 Å². The number of aryl methyl sites for hydroxylation is 1. The van der Waals surface area contributed by atoms with Gasteiger partial charge in [0.15, 0.2) is 0 Å². The highest BCUT2D eigenvalue weighted by molar-refractivity contribution is 6.31. The van der Waals surface area contributed by atoms with Crippen molar-refractivity contribution in [2.75, 3.05) is 0 Å². The van der Waals surface area contributed by atoms with Gasteiger partial charge in [-0.1, -0.05) is 11.6 Å². The van der Waals surface area contributed by atoms with Gasteiger partial charge in [0.1, 0.15) is 0 Å². The maximum Gasteiger partial charge on any atom is 0.269 e. The van der Waals surface area contributed by atoms with Crippen LogP contribution in [0.1, 0.15) is 11.1 Å². The third-order valence-electron chi connectivity index (χ3n) is 2.57. The Morgan fingerprint density at radius 2 is 2.16 bits per heavy atom. The van der Waals surface area contributed by atoms with Crippen LogP contribution < -0.4 is 5.56 Å². The van der Waals surface area contributed by atoms with E-state index < -0.39 is 4.92 Å². The molecule has 0 atom stereocenters. The van der Waals surface area contributed by atoms with E-state index in [1.165, 1.54) is 28.9 Å². The fourth-order valence-electron chi connectivity index (χ4n) is 1.60. The standard InChI is InChI=1S/C12H10ClN3O3/c1-8-4-12(17)15(14-6-8)7-9-5-10(16(18)19)2-3-11(9)13/h2-6H,7H2,1H3. The molecule has 0 aliphatic rings. The number of non-ortho nitro benzene ring substituents is 1. The maximum absolute atomic E-state index is 11.7. The van der Waals surface area contributed by atoms with E-state index in [2.05, 4.69) is 5.10 Å². The van der Waals surface area contributed by atoms with Crippen LogP contribution in [0.15, 0.2) is 35.3 Å². The number of halogens is 1. The Kier molecular flexibility index (Phi) is 3.62. The summed E-state index contributed by atoms with van der Waals surface area (Å²) in [7, 11) is 0. The molecule has 0 saturated heterocycles. The van der Waals surface area contributed by atoms with Crippen LogP contribution in [0.5, 0.6) is 0 Å². The minimum atomic E-state index is -0.509. The lowest BCUT2D eigenvalue weighted by atomic mass is 10.2. The molecule has 7 heteroatoms. The minimum absolute atomic E-state index is 0.0699. The predicted molar refractivity (Wildman–Crippen MR) is 70.4 cm³/mol. The number of hydrogen-bond acceptors (Lipinski definition) is 4. The Balaban J connectivity index is 2.40. The lowest BCUT2D eigenvalue weighted by Crippen LogP contribution is -2.22. The highest BCUT2D eigenvalue weighted by Gasteiger charge is 2.11. The highest BCUT2D eigenvalue weighted by atomic mass is 35.5. The summed E-state index contributed by atoms with van der Waals surface area (Å²) in [5.41, 5.74) is 0.892. The largest absolute Gasteiger partial charge is 0.269 e. The molecule has 0 spiro atoms. The molecule has 19 heavy (non-hydrogen) atoms. The first-order valence-corrected chi connectivity index (χ1v) is 5.82. The maximum atomic E-state index is 11.7. The summed E-state index contributed by atoms with van der Waals surface area (Å²) in [6, 6.07) is 5.54. The van der Waals surface area contributed by atoms with Gasteiger partial charge in [-0.2, -0.15) is 5.10 Å². The molecule has 0 bridgehead atoms. The van der Waals surface area contributed by atoms with Gasteiger partial charge in [0.05, 0.1) is 17.7 Å². The van der Waals surface area contributed by atoms with E-state index in [1.807, 2.05) is 0 Å². The SMILES string of the molecule is Cc1cnn(Cc2cc([N+](=O)[O-])ccc2Cl)c(=O)c1. The van der Waals surface area contributed by atoms with Crippen molar-refractivity contribution < 1.29 is 4.92 Å². The molecule has 2 aromatic rings. The molecule has 1 aromatic carbocycles. The molecule has 2 rings (SSSR count). The first-order valence-electron chi connectivity index (χ1n) is 5.44. The monoisotopic (exact) mass is 279 g/mol. The van der Waals surface area contributed by atoms with Crippen molar-refractivity contribution in [1.29, 1.82) is 0 Å². The summed E-state index contributed by atoms with van der Waals surface area (Å²) in [5, 5.41) is 15.0. The van der Waals surface area contributed by atoms with Crippen molar-refractivity contribution in [2.45, 2.75) is 13.5 Å². The van der Waals surface area contributed by atoms with Crippen LogP contribution >= 0.6 is 11.6 Å². The van der Waals surface area contributed by atoms with Crippen LogP contribution in [-0.2, 0) is 6.54 Å². The summed E-state index contributed by atoms with van der Waals surface area (Å²) in [6.45, 7) is 1.86. The van der Waals surface area contributed by atoms with Crippen LogP contribution in [-0.4, -0.2) is 14.7 Å². The molecular weight excluding hydrogens is 270 g/mol. The molecule has 0 aliphatic carbocycles. The molecule has 1 aromatic heterocycles. The minimum Gasteiger partial charge on any atom is -0.268 e. The Hall–Kier alpha value is -2.21. The van der Waals surface area contributed by atoms with Crippen molar-refractivity contribution >= 4 is 17.3 Å². The number of aromatic nitrogens is 2. The van der Waals surface area contributed by atoms with Crippen molar-refractivity contribution in [2.24, 2.45) is 0 Å². The highest BCUT2D eigenvalue weighted by Crippen LogP contribution is 2.22. The van der Waals surface area contributed by atoms with Crippen LogP contribution in [0.2, 0.25) is 5.02 Å².